The van der Waals surface area contributed by atoms with E-state index in [0.717, 1.165) is 0 Å². The zero-order valence-corrected chi connectivity index (χ0v) is 14.3. The Bertz CT molecular complexity index is 1150. The van der Waals surface area contributed by atoms with Crippen molar-refractivity contribution in [3.8, 4) is 17.2 Å². The van der Waals surface area contributed by atoms with Gasteiger partial charge in [-0.2, -0.15) is 0 Å². The number of aliphatic hydroxyl groups is 1. The highest BCUT2D eigenvalue weighted by Crippen LogP contribution is 2.28. The minimum atomic E-state index is -3.57. The van der Waals surface area contributed by atoms with Crippen LogP contribution in [0.1, 0.15) is 46.8 Å². The third-order valence-corrected chi connectivity index (χ3v) is 3.08. The molecule has 0 aliphatic rings. The maximum atomic E-state index is 10.7. The number of hydrogen-bond acceptors (Lipinski definition) is 4. The van der Waals surface area contributed by atoms with Crippen molar-refractivity contribution < 1.29 is 35.8 Å². The fourth-order valence-electron chi connectivity index (χ4n) is 1.90. The highest BCUT2D eigenvalue weighted by atomic mass is 16.5. The molecule has 0 fully saturated rings. The Hall–Kier alpha value is -2.20. The topological polar surface area (TPSA) is 47.9 Å². The highest BCUT2D eigenvalue weighted by Gasteiger charge is 2.07. The van der Waals surface area contributed by atoms with Crippen molar-refractivity contribution in [3.63, 3.8) is 0 Å². The van der Waals surface area contributed by atoms with Crippen LogP contribution in [0, 0.1) is 6.92 Å². The first-order chi connectivity index (χ1) is 16.9. The smallest absolute Gasteiger partial charge is 0.160 e. The van der Waals surface area contributed by atoms with E-state index in [1.165, 1.54) is 21.1 Å². The SMILES string of the molecule is [2H]c1c([2H])c(C)c([2H])c(OC([2H])([2H])C([2H])(O)C([2H])([2H])CCCc2c([2H])c([2H])c(OC)c(OC)c2[2H])c1[2H]. The first kappa shape index (κ1) is 8.45. The van der Waals surface area contributed by atoms with Crippen molar-refractivity contribution >= 4 is 0 Å². The Morgan fingerprint density at radius 3 is 2.68 bits per heavy atom. The minimum absolute atomic E-state index is 0.0397. The number of methoxy groups -OCH3 is 2. The van der Waals surface area contributed by atoms with E-state index in [1.807, 2.05) is 0 Å². The van der Waals surface area contributed by atoms with Gasteiger partial charge in [-0.05, 0) is 61.4 Å². The van der Waals surface area contributed by atoms with E-state index in [9.17, 15) is 5.11 Å². The van der Waals surface area contributed by atoms with E-state index < -0.39 is 55.4 Å². The summed E-state index contributed by atoms with van der Waals surface area (Å²) in [4.78, 5) is 0. The van der Waals surface area contributed by atoms with Crippen LogP contribution >= 0.6 is 0 Å². The average molecular weight is 357 g/mol. The predicted octanol–water partition coefficient (Wildman–Crippen LogP) is 4.16. The predicted molar refractivity (Wildman–Crippen MR) is 99.8 cm³/mol. The van der Waals surface area contributed by atoms with Crippen LogP contribution in [-0.4, -0.2) is 32.0 Å². The van der Waals surface area contributed by atoms with Gasteiger partial charge in [-0.15, -0.1) is 0 Å². The van der Waals surface area contributed by atoms with Crippen molar-refractivity contribution in [2.45, 2.75) is 38.6 Å². The molecular formula is C21H28O4. The van der Waals surface area contributed by atoms with Gasteiger partial charge in [0.25, 0.3) is 0 Å². The summed E-state index contributed by atoms with van der Waals surface area (Å²) in [7, 11) is 2.52. The molecule has 0 radical (unpaired) electrons. The van der Waals surface area contributed by atoms with Crippen LogP contribution in [0.25, 0.3) is 0 Å². The molecule has 4 nitrogen and oxygen atoms in total. The largest absolute Gasteiger partial charge is 0.493 e. The zero-order valence-electron chi connectivity index (χ0n) is 26.3. The van der Waals surface area contributed by atoms with Crippen LogP contribution in [0.4, 0.5) is 0 Å². The molecule has 0 aliphatic heterocycles. The molecule has 136 valence electrons. The summed E-state index contributed by atoms with van der Waals surface area (Å²) in [5.41, 5.74) is -0.0535. The summed E-state index contributed by atoms with van der Waals surface area (Å²) in [6.45, 7) is -2.21. The third kappa shape index (κ3) is 6.31. The van der Waals surface area contributed by atoms with Crippen molar-refractivity contribution in [2.24, 2.45) is 0 Å². The molecule has 0 bridgehead atoms. The molecule has 1 unspecified atom stereocenters. The van der Waals surface area contributed by atoms with Gasteiger partial charge >= 0.3 is 0 Å². The Morgan fingerprint density at radius 1 is 1.12 bits per heavy atom. The van der Waals surface area contributed by atoms with Crippen LogP contribution in [0.2, 0.25) is 0 Å². The molecule has 2 aromatic carbocycles. The molecule has 0 heterocycles. The molecule has 0 amide bonds. The summed E-state index contributed by atoms with van der Waals surface area (Å²) in [6.07, 6.45) is -7.48. The van der Waals surface area contributed by atoms with Crippen LogP contribution in [0.5, 0.6) is 17.2 Å². The first-order valence-corrected chi connectivity index (χ1v) is 7.56. The fourth-order valence-corrected chi connectivity index (χ4v) is 1.90. The van der Waals surface area contributed by atoms with Gasteiger partial charge in [0.05, 0.1) is 34.0 Å². The Kier molecular flexibility index (Phi) is 3.36. The number of rotatable bonds is 10. The van der Waals surface area contributed by atoms with Gasteiger partial charge < -0.3 is 19.3 Å². The average Bonchev–Trinajstić information content (AvgIpc) is 2.83. The maximum absolute atomic E-state index is 10.7. The molecular weight excluding hydrogens is 316 g/mol. The number of benzene rings is 2. The summed E-state index contributed by atoms with van der Waals surface area (Å²) in [5.74, 6) is -0.992. The van der Waals surface area contributed by atoms with Gasteiger partial charge in [0.2, 0.25) is 0 Å². The lowest BCUT2D eigenvalue weighted by Gasteiger charge is -2.13. The van der Waals surface area contributed by atoms with Gasteiger partial charge in [0, 0.05) is 2.74 Å². The lowest BCUT2D eigenvalue weighted by atomic mass is 10.0. The summed E-state index contributed by atoms with van der Waals surface area (Å²) in [5, 5.41) is 10.7. The normalized spacial score (nSPS) is 21.1. The molecule has 0 saturated heterocycles. The monoisotopic (exact) mass is 356 g/mol. The Labute approximate surface area is 167 Å². The zero-order chi connectivity index (χ0) is 28.7. The number of ether oxygens (including phenoxy) is 3. The molecule has 4 heteroatoms. The molecule has 0 saturated carbocycles. The van der Waals surface area contributed by atoms with E-state index in [-0.39, 0.29) is 53.6 Å². The van der Waals surface area contributed by atoms with Crippen LogP contribution in [0.15, 0.2) is 42.3 Å². The van der Waals surface area contributed by atoms with Crippen molar-refractivity contribution in [1.82, 2.24) is 0 Å². The van der Waals surface area contributed by atoms with E-state index in [4.69, 9.17) is 30.7 Å². The second-order valence-electron chi connectivity index (χ2n) is 4.96. The molecule has 0 aliphatic carbocycles. The summed E-state index contributed by atoms with van der Waals surface area (Å²) < 4.78 is 112. The second kappa shape index (κ2) is 9.94. The maximum Gasteiger partial charge on any atom is 0.160 e. The van der Waals surface area contributed by atoms with E-state index >= 15 is 0 Å². The number of hydrogen-bond donors (Lipinski definition) is 1. The van der Waals surface area contributed by atoms with E-state index in [2.05, 4.69) is 0 Å². The van der Waals surface area contributed by atoms with Crippen LogP contribution in [-0.2, 0) is 6.42 Å². The van der Waals surface area contributed by atoms with Gasteiger partial charge in [-0.1, -0.05) is 24.5 Å². The van der Waals surface area contributed by atoms with Crippen molar-refractivity contribution in [1.29, 1.82) is 0 Å². The third-order valence-electron chi connectivity index (χ3n) is 3.08. The quantitative estimate of drug-likeness (QED) is 0.694. The molecule has 25 heavy (non-hydrogen) atoms. The first-order valence-electron chi connectivity index (χ1n) is 13.6. The molecule has 2 rings (SSSR count). The van der Waals surface area contributed by atoms with Gasteiger partial charge in [0.1, 0.15) is 12.3 Å². The fraction of sp³-hybridized carbons (Fsp3) is 0.429. The highest BCUT2D eigenvalue weighted by molar-refractivity contribution is 5.42. The molecule has 1 atom stereocenters. The molecule has 0 aromatic heterocycles. The summed E-state index contributed by atoms with van der Waals surface area (Å²) >= 11 is 0. The van der Waals surface area contributed by atoms with Crippen molar-refractivity contribution in [3.05, 3.63) is 53.4 Å². The van der Waals surface area contributed by atoms with Gasteiger partial charge in [-0.3, -0.25) is 0 Å². The van der Waals surface area contributed by atoms with Crippen LogP contribution in [0.3, 0.4) is 0 Å². The van der Waals surface area contributed by atoms with Crippen molar-refractivity contribution in [2.75, 3.05) is 20.8 Å². The Morgan fingerprint density at radius 2 is 1.92 bits per heavy atom. The molecule has 0 spiro atoms. The van der Waals surface area contributed by atoms with E-state index in [0.29, 0.717) is 0 Å². The minimum Gasteiger partial charge on any atom is -0.493 e. The second-order valence-corrected chi connectivity index (χ2v) is 4.96. The van der Waals surface area contributed by atoms with E-state index in [1.54, 1.807) is 0 Å². The standard InChI is InChI=1S/C21H28O4/c1-16-7-6-10-19(13-16)25-15-18(22)9-5-4-8-17-11-12-20(23-2)21(14-17)24-3/h6-7,10-14,18,22H,4-5,8-9,15H2,1-3H3/i6D,7D,9D2,10D,11D,12D,13D,14D,15D2,18D. The van der Waals surface area contributed by atoms with Crippen LogP contribution < -0.4 is 14.2 Å². The Balaban J connectivity index is 2.32. The molecule has 2 aromatic rings. The lowest BCUT2D eigenvalue weighted by molar-refractivity contribution is 0.0976. The van der Waals surface area contributed by atoms with Gasteiger partial charge in [0.15, 0.2) is 11.5 Å². The summed E-state index contributed by atoms with van der Waals surface area (Å²) in [6, 6.07) is -3.43. The van der Waals surface area contributed by atoms with Gasteiger partial charge in [-0.25, -0.2) is 0 Å². The lowest BCUT2D eigenvalue weighted by Crippen LogP contribution is -2.17. The molecule has 1 N–H and O–H groups in total.